The van der Waals surface area contributed by atoms with Crippen molar-refractivity contribution in [2.24, 2.45) is 11.8 Å². The maximum atomic E-state index is 12.5. The number of halogens is 1. The minimum absolute atomic E-state index is 0.0774. The molecule has 0 radical (unpaired) electrons. The highest BCUT2D eigenvalue weighted by Gasteiger charge is 2.29. The fourth-order valence-corrected chi connectivity index (χ4v) is 3.13. The maximum absolute atomic E-state index is 12.5. The van der Waals surface area contributed by atoms with Gasteiger partial charge in [-0.25, -0.2) is 4.98 Å². The van der Waals surface area contributed by atoms with Crippen molar-refractivity contribution in [2.75, 3.05) is 13.1 Å². The first-order chi connectivity index (χ1) is 9.97. The molecule has 2 unspecified atom stereocenters. The number of pyridine rings is 1. The minimum Gasteiger partial charge on any atom is -0.481 e. The summed E-state index contributed by atoms with van der Waals surface area (Å²) in [6.45, 7) is 3.27. The summed E-state index contributed by atoms with van der Waals surface area (Å²) >= 11 is 3.27. The van der Waals surface area contributed by atoms with E-state index in [-0.39, 0.29) is 24.2 Å². The Kier molecular flexibility index (Phi) is 5.33. The molecule has 1 N–H and O–H groups in total. The third kappa shape index (κ3) is 4.27. The molecule has 0 saturated carbocycles. The Morgan fingerprint density at radius 2 is 2.29 bits per heavy atom. The molecule has 1 fully saturated rings. The van der Waals surface area contributed by atoms with Crippen LogP contribution >= 0.6 is 15.9 Å². The normalized spacial score (nSPS) is 20.1. The Morgan fingerprint density at radius 3 is 2.95 bits per heavy atom. The second-order valence-corrected chi connectivity index (χ2v) is 6.39. The predicted octanol–water partition coefficient (Wildman–Crippen LogP) is 2.81. The van der Waals surface area contributed by atoms with Gasteiger partial charge in [-0.3, -0.25) is 9.59 Å². The third-order valence-electron chi connectivity index (χ3n) is 3.98. The van der Waals surface area contributed by atoms with Crippen molar-refractivity contribution >= 4 is 27.8 Å². The number of carbonyl (C=O) groups excluding carboxylic acids is 1. The first-order valence-electron chi connectivity index (χ1n) is 7.11. The number of hydrogen-bond acceptors (Lipinski definition) is 3. The molecule has 0 spiro atoms. The van der Waals surface area contributed by atoms with Gasteiger partial charge in [0.25, 0.3) is 5.91 Å². The molecular formula is C15H19BrN2O3. The van der Waals surface area contributed by atoms with Gasteiger partial charge < -0.3 is 10.0 Å². The summed E-state index contributed by atoms with van der Waals surface area (Å²) in [7, 11) is 0. The number of nitrogens with zero attached hydrogens (tertiary/aromatic N) is 2. The molecule has 2 heterocycles. The van der Waals surface area contributed by atoms with Crippen molar-refractivity contribution in [1.82, 2.24) is 9.88 Å². The molecule has 1 amide bonds. The van der Waals surface area contributed by atoms with E-state index in [2.05, 4.69) is 20.9 Å². The Bertz CT molecular complexity index is 535. The van der Waals surface area contributed by atoms with E-state index in [4.69, 9.17) is 5.11 Å². The van der Waals surface area contributed by atoms with Gasteiger partial charge >= 0.3 is 5.97 Å². The van der Waals surface area contributed by atoms with Crippen LogP contribution in [0.3, 0.4) is 0 Å². The number of aliphatic carboxylic acids is 1. The number of carbonyl (C=O) groups is 2. The number of aromatic nitrogens is 1. The summed E-state index contributed by atoms with van der Waals surface area (Å²) in [4.78, 5) is 29.3. The van der Waals surface area contributed by atoms with E-state index in [1.165, 1.54) is 0 Å². The van der Waals surface area contributed by atoms with Crippen molar-refractivity contribution in [2.45, 2.75) is 26.2 Å². The molecule has 2 rings (SSSR count). The van der Waals surface area contributed by atoms with E-state index in [0.29, 0.717) is 23.4 Å². The molecule has 21 heavy (non-hydrogen) atoms. The lowest BCUT2D eigenvalue weighted by atomic mass is 9.84. The Balaban J connectivity index is 2.03. The van der Waals surface area contributed by atoms with Crippen molar-refractivity contribution in [3.63, 3.8) is 0 Å². The smallest absolute Gasteiger partial charge is 0.303 e. The lowest BCUT2D eigenvalue weighted by molar-refractivity contribution is -0.138. The number of hydrogen-bond donors (Lipinski definition) is 1. The largest absolute Gasteiger partial charge is 0.481 e. The fourth-order valence-electron chi connectivity index (χ4n) is 2.79. The van der Waals surface area contributed by atoms with Gasteiger partial charge in [-0.05, 0) is 52.7 Å². The zero-order chi connectivity index (χ0) is 15.4. The first-order valence-corrected chi connectivity index (χ1v) is 7.90. The monoisotopic (exact) mass is 354 g/mol. The lowest BCUT2D eigenvalue weighted by Gasteiger charge is -2.35. The van der Waals surface area contributed by atoms with Crippen molar-refractivity contribution in [1.29, 1.82) is 0 Å². The van der Waals surface area contributed by atoms with E-state index in [0.717, 1.165) is 12.8 Å². The summed E-state index contributed by atoms with van der Waals surface area (Å²) in [5.74, 6) is -0.539. The van der Waals surface area contributed by atoms with Crippen LogP contribution < -0.4 is 0 Å². The molecule has 2 atom stereocenters. The van der Waals surface area contributed by atoms with E-state index in [9.17, 15) is 9.59 Å². The van der Waals surface area contributed by atoms with Gasteiger partial charge in [-0.1, -0.05) is 13.0 Å². The van der Waals surface area contributed by atoms with Crippen LogP contribution in [0.5, 0.6) is 0 Å². The van der Waals surface area contributed by atoms with Crippen LogP contribution in [0.4, 0.5) is 0 Å². The van der Waals surface area contributed by atoms with Gasteiger partial charge in [-0.15, -0.1) is 0 Å². The van der Waals surface area contributed by atoms with Gasteiger partial charge in [0.05, 0.1) is 0 Å². The highest BCUT2D eigenvalue weighted by Crippen LogP contribution is 2.27. The SMILES string of the molecule is CC(CC(=O)O)C1CCCN(C(=O)c2cccc(Br)n2)C1. The molecule has 1 aromatic rings. The highest BCUT2D eigenvalue weighted by atomic mass is 79.9. The van der Waals surface area contributed by atoms with Crippen LogP contribution in [0.1, 0.15) is 36.7 Å². The van der Waals surface area contributed by atoms with Crippen molar-refractivity contribution in [3.8, 4) is 0 Å². The Hall–Kier alpha value is -1.43. The predicted molar refractivity (Wildman–Crippen MR) is 82.0 cm³/mol. The van der Waals surface area contributed by atoms with Crippen LogP contribution in [0, 0.1) is 11.8 Å². The Labute approximate surface area is 132 Å². The quantitative estimate of drug-likeness (QED) is 0.844. The molecule has 0 bridgehead atoms. The van der Waals surface area contributed by atoms with E-state index < -0.39 is 5.97 Å². The highest BCUT2D eigenvalue weighted by molar-refractivity contribution is 9.10. The van der Waals surface area contributed by atoms with Crippen LogP contribution in [-0.2, 0) is 4.79 Å². The van der Waals surface area contributed by atoms with E-state index in [1.807, 2.05) is 6.92 Å². The van der Waals surface area contributed by atoms with Crippen molar-refractivity contribution < 1.29 is 14.7 Å². The summed E-state index contributed by atoms with van der Waals surface area (Å²) in [6, 6.07) is 5.28. The van der Waals surface area contributed by atoms with Crippen LogP contribution in [-0.4, -0.2) is 40.0 Å². The summed E-state index contributed by atoms with van der Waals surface area (Å²) in [5, 5.41) is 8.90. The molecule has 1 aliphatic heterocycles. The molecular weight excluding hydrogens is 336 g/mol. The number of carboxylic acids is 1. The van der Waals surface area contributed by atoms with Gasteiger partial charge in [0, 0.05) is 19.5 Å². The third-order valence-corrected chi connectivity index (χ3v) is 4.42. The number of rotatable bonds is 4. The molecule has 5 nitrogen and oxygen atoms in total. The molecule has 1 saturated heterocycles. The standard InChI is InChI=1S/C15H19BrN2O3/c1-10(8-14(19)20)11-4-3-7-18(9-11)15(21)12-5-2-6-13(16)17-12/h2,5-6,10-11H,3-4,7-9H2,1H3,(H,19,20). The topological polar surface area (TPSA) is 70.5 Å². The molecule has 1 aliphatic rings. The van der Waals surface area contributed by atoms with Crippen LogP contribution in [0.2, 0.25) is 0 Å². The number of piperidine rings is 1. The second-order valence-electron chi connectivity index (χ2n) is 5.57. The number of amides is 1. The van der Waals surface area contributed by atoms with E-state index in [1.54, 1.807) is 23.1 Å². The molecule has 114 valence electrons. The lowest BCUT2D eigenvalue weighted by Crippen LogP contribution is -2.42. The molecule has 1 aromatic heterocycles. The van der Waals surface area contributed by atoms with Gasteiger partial charge in [0.15, 0.2) is 0 Å². The summed E-state index contributed by atoms with van der Waals surface area (Å²) < 4.78 is 0.640. The fraction of sp³-hybridized carbons (Fsp3) is 0.533. The second kappa shape index (κ2) is 7.02. The van der Waals surface area contributed by atoms with E-state index >= 15 is 0 Å². The zero-order valence-electron chi connectivity index (χ0n) is 12.0. The number of carboxylic acid groups (broad SMARTS) is 1. The molecule has 0 aliphatic carbocycles. The average Bonchev–Trinajstić information content (AvgIpc) is 2.46. The molecule has 0 aromatic carbocycles. The first kappa shape index (κ1) is 15.9. The van der Waals surface area contributed by atoms with Crippen LogP contribution in [0.15, 0.2) is 22.8 Å². The summed E-state index contributed by atoms with van der Waals surface area (Å²) in [5.41, 5.74) is 0.427. The maximum Gasteiger partial charge on any atom is 0.303 e. The zero-order valence-corrected chi connectivity index (χ0v) is 13.5. The van der Waals surface area contributed by atoms with Gasteiger partial charge in [0.2, 0.25) is 0 Å². The average molecular weight is 355 g/mol. The Morgan fingerprint density at radius 1 is 1.52 bits per heavy atom. The summed E-state index contributed by atoms with van der Waals surface area (Å²) in [6.07, 6.45) is 2.04. The van der Waals surface area contributed by atoms with Gasteiger partial charge in [0.1, 0.15) is 10.3 Å². The minimum atomic E-state index is -0.778. The molecule has 6 heteroatoms. The van der Waals surface area contributed by atoms with Crippen LogP contribution in [0.25, 0.3) is 0 Å². The van der Waals surface area contributed by atoms with Crippen molar-refractivity contribution in [3.05, 3.63) is 28.5 Å². The number of likely N-dealkylation sites (tertiary alicyclic amines) is 1. The van der Waals surface area contributed by atoms with Gasteiger partial charge in [-0.2, -0.15) is 0 Å².